The Labute approximate surface area is 83.6 Å². The van der Waals surface area contributed by atoms with Gasteiger partial charge in [-0.05, 0) is 20.3 Å². The fourth-order valence-corrected chi connectivity index (χ4v) is 1.15. The van der Waals surface area contributed by atoms with Gasteiger partial charge >= 0.3 is 0 Å². The van der Waals surface area contributed by atoms with Crippen molar-refractivity contribution >= 4 is 17.5 Å². The summed E-state index contributed by atoms with van der Waals surface area (Å²) < 4.78 is 0. The molecule has 0 saturated carbocycles. The second-order valence-corrected chi connectivity index (χ2v) is 3.03. The van der Waals surface area contributed by atoms with Gasteiger partial charge in [-0.3, -0.25) is 10.2 Å². The molecule has 0 rings (SSSR count). The van der Waals surface area contributed by atoms with Crippen LogP contribution in [0.2, 0.25) is 0 Å². The molecule has 0 aliphatic rings. The molecule has 0 heterocycles. The third kappa shape index (κ3) is 3.20. The Morgan fingerprint density at radius 1 is 1.62 bits per heavy atom. The van der Waals surface area contributed by atoms with E-state index in [-0.39, 0.29) is 5.91 Å². The predicted octanol–water partition coefficient (Wildman–Crippen LogP) is 1.85. The SMILES string of the molecule is C/C=C(Cl)\C(C(=O)NN)=C(\C)CC. The van der Waals surface area contributed by atoms with Crippen LogP contribution < -0.4 is 11.3 Å². The van der Waals surface area contributed by atoms with Gasteiger partial charge < -0.3 is 0 Å². The lowest BCUT2D eigenvalue weighted by molar-refractivity contribution is -0.117. The second kappa shape index (κ2) is 5.78. The summed E-state index contributed by atoms with van der Waals surface area (Å²) in [5.41, 5.74) is 3.46. The van der Waals surface area contributed by atoms with Crippen LogP contribution >= 0.6 is 11.6 Å². The number of carbonyl (C=O) groups is 1. The maximum atomic E-state index is 11.3. The first-order valence-corrected chi connectivity index (χ1v) is 4.49. The minimum absolute atomic E-state index is 0.345. The van der Waals surface area contributed by atoms with E-state index in [0.717, 1.165) is 12.0 Å². The number of halogens is 1. The molecule has 0 aromatic rings. The van der Waals surface area contributed by atoms with E-state index in [9.17, 15) is 4.79 Å². The van der Waals surface area contributed by atoms with E-state index >= 15 is 0 Å². The summed E-state index contributed by atoms with van der Waals surface area (Å²) in [5, 5.41) is 0.433. The zero-order valence-corrected chi connectivity index (χ0v) is 8.90. The summed E-state index contributed by atoms with van der Waals surface area (Å²) in [4.78, 5) is 11.3. The molecule has 74 valence electrons. The Morgan fingerprint density at radius 3 is 2.46 bits per heavy atom. The van der Waals surface area contributed by atoms with Gasteiger partial charge in [-0.2, -0.15) is 0 Å². The van der Waals surface area contributed by atoms with Crippen molar-refractivity contribution in [3.05, 3.63) is 22.3 Å². The van der Waals surface area contributed by atoms with Gasteiger partial charge in [0.15, 0.2) is 0 Å². The monoisotopic (exact) mass is 202 g/mol. The third-order valence-corrected chi connectivity index (χ3v) is 2.21. The summed E-state index contributed by atoms with van der Waals surface area (Å²) in [7, 11) is 0. The molecule has 3 N–H and O–H groups in total. The highest BCUT2D eigenvalue weighted by molar-refractivity contribution is 6.35. The van der Waals surface area contributed by atoms with E-state index in [1.54, 1.807) is 13.0 Å². The summed E-state index contributed by atoms with van der Waals surface area (Å²) >= 11 is 5.87. The molecule has 0 fully saturated rings. The predicted molar refractivity (Wildman–Crippen MR) is 54.9 cm³/mol. The molecule has 0 bridgehead atoms. The van der Waals surface area contributed by atoms with Crippen LogP contribution in [0.5, 0.6) is 0 Å². The molecule has 0 aliphatic heterocycles. The van der Waals surface area contributed by atoms with E-state index in [1.165, 1.54) is 0 Å². The number of hydrogen-bond donors (Lipinski definition) is 2. The average Bonchev–Trinajstić information content (AvgIpc) is 2.16. The van der Waals surface area contributed by atoms with Crippen molar-refractivity contribution in [2.24, 2.45) is 5.84 Å². The van der Waals surface area contributed by atoms with Crippen LogP contribution in [0.15, 0.2) is 22.3 Å². The Kier molecular flexibility index (Phi) is 5.42. The van der Waals surface area contributed by atoms with Gasteiger partial charge in [0.25, 0.3) is 5.91 Å². The number of nitrogens with two attached hydrogens (primary N) is 1. The van der Waals surface area contributed by atoms with Crippen LogP contribution in [0.4, 0.5) is 0 Å². The number of hydrogen-bond acceptors (Lipinski definition) is 2. The first kappa shape index (κ1) is 12.2. The molecule has 3 nitrogen and oxygen atoms in total. The lowest BCUT2D eigenvalue weighted by Crippen LogP contribution is -2.32. The first-order chi connectivity index (χ1) is 6.08. The van der Waals surface area contributed by atoms with Crippen LogP contribution in [0.1, 0.15) is 27.2 Å². The summed E-state index contributed by atoms with van der Waals surface area (Å²) in [6.07, 6.45) is 2.44. The van der Waals surface area contributed by atoms with Gasteiger partial charge in [0, 0.05) is 5.03 Å². The highest BCUT2D eigenvalue weighted by Gasteiger charge is 2.13. The Morgan fingerprint density at radius 2 is 2.15 bits per heavy atom. The van der Waals surface area contributed by atoms with E-state index in [2.05, 4.69) is 5.43 Å². The molecule has 0 aromatic carbocycles. The van der Waals surface area contributed by atoms with Crippen LogP contribution in [0.25, 0.3) is 0 Å². The average molecular weight is 203 g/mol. The van der Waals surface area contributed by atoms with Crippen molar-refractivity contribution in [3.8, 4) is 0 Å². The molecule has 0 saturated heterocycles. The molecular formula is C9H15ClN2O. The smallest absolute Gasteiger partial charge is 0.266 e. The standard InChI is InChI=1S/C9H15ClN2O/c1-4-6(3)8(7(10)5-2)9(13)12-11/h5H,4,11H2,1-3H3,(H,12,13)/b7-5+,8-6+. The molecule has 4 heteroatoms. The van der Waals surface area contributed by atoms with Crippen molar-refractivity contribution in [2.45, 2.75) is 27.2 Å². The number of rotatable bonds is 3. The number of allylic oxidation sites excluding steroid dienone is 2. The van der Waals surface area contributed by atoms with Crippen LogP contribution in [0.3, 0.4) is 0 Å². The molecule has 0 radical (unpaired) electrons. The van der Waals surface area contributed by atoms with Crippen molar-refractivity contribution in [1.29, 1.82) is 0 Å². The number of carbonyl (C=O) groups excluding carboxylic acids is 1. The Hall–Kier alpha value is -0.800. The first-order valence-electron chi connectivity index (χ1n) is 4.11. The largest absolute Gasteiger partial charge is 0.290 e. The fourth-order valence-electron chi connectivity index (χ4n) is 0.899. The molecule has 0 aromatic heterocycles. The van der Waals surface area contributed by atoms with Crippen molar-refractivity contribution in [1.82, 2.24) is 5.43 Å². The van der Waals surface area contributed by atoms with Crippen molar-refractivity contribution < 1.29 is 4.79 Å². The molecule has 0 unspecified atom stereocenters. The highest BCUT2D eigenvalue weighted by Crippen LogP contribution is 2.20. The molecule has 0 spiro atoms. The Balaban J connectivity index is 5.10. The minimum Gasteiger partial charge on any atom is -0.290 e. The lowest BCUT2D eigenvalue weighted by atomic mass is 10.1. The van der Waals surface area contributed by atoms with E-state index in [0.29, 0.717) is 10.6 Å². The van der Waals surface area contributed by atoms with Crippen LogP contribution in [0, 0.1) is 0 Å². The Bertz CT molecular complexity index is 256. The quantitative estimate of drug-likeness (QED) is 0.241. The van der Waals surface area contributed by atoms with E-state index < -0.39 is 0 Å². The van der Waals surface area contributed by atoms with Gasteiger partial charge in [-0.15, -0.1) is 0 Å². The van der Waals surface area contributed by atoms with Crippen LogP contribution in [-0.2, 0) is 4.79 Å². The summed E-state index contributed by atoms with van der Waals surface area (Å²) in [5.74, 6) is 4.69. The topological polar surface area (TPSA) is 55.1 Å². The van der Waals surface area contributed by atoms with E-state index in [4.69, 9.17) is 17.4 Å². The number of hydrazine groups is 1. The van der Waals surface area contributed by atoms with E-state index in [1.807, 2.05) is 13.8 Å². The zero-order chi connectivity index (χ0) is 10.4. The minimum atomic E-state index is -0.345. The molecular weight excluding hydrogens is 188 g/mol. The molecule has 1 amide bonds. The van der Waals surface area contributed by atoms with Gasteiger partial charge in [0.2, 0.25) is 0 Å². The van der Waals surface area contributed by atoms with Crippen LogP contribution in [-0.4, -0.2) is 5.91 Å². The lowest BCUT2D eigenvalue weighted by Gasteiger charge is -2.08. The fraction of sp³-hybridized carbons (Fsp3) is 0.444. The summed E-state index contributed by atoms with van der Waals surface area (Å²) in [6, 6.07) is 0. The van der Waals surface area contributed by atoms with Gasteiger partial charge in [-0.1, -0.05) is 30.2 Å². The maximum Gasteiger partial charge on any atom is 0.266 e. The summed E-state index contributed by atoms with van der Waals surface area (Å²) in [6.45, 7) is 5.59. The zero-order valence-electron chi connectivity index (χ0n) is 8.15. The van der Waals surface area contributed by atoms with Gasteiger partial charge in [-0.25, -0.2) is 5.84 Å². The molecule has 0 aliphatic carbocycles. The number of nitrogens with one attached hydrogen (secondary N) is 1. The molecule has 0 atom stereocenters. The second-order valence-electron chi connectivity index (χ2n) is 2.62. The number of amides is 1. The van der Waals surface area contributed by atoms with Gasteiger partial charge in [0.05, 0.1) is 5.57 Å². The normalized spacial score (nSPS) is 13.8. The van der Waals surface area contributed by atoms with Crippen molar-refractivity contribution in [2.75, 3.05) is 0 Å². The van der Waals surface area contributed by atoms with Gasteiger partial charge in [0.1, 0.15) is 0 Å². The highest BCUT2D eigenvalue weighted by atomic mass is 35.5. The third-order valence-electron chi connectivity index (χ3n) is 1.81. The van der Waals surface area contributed by atoms with Crippen molar-refractivity contribution in [3.63, 3.8) is 0 Å². The maximum absolute atomic E-state index is 11.3. The molecule has 13 heavy (non-hydrogen) atoms.